The van der Waals surface area contributed by atoms with Crippen LogP contribution in [0.15, 0.2) is 48.5 Å². The number of ether oxygens (including phenoxy) is 1. The van der Waals surface area contributed by atoms with Gasteiger partial charge in [0, 0.05) is 24.9 Å². The first-order valence-corrected chi connectivity index (χ1v) is 12.1. The van der Waals surface area contributed by atoms with E-state index in [1.165, 1.54) is 27.2 Å². The van der Waals surface area contributed by atoms with E-state index in [9.17, 15) is 14.4 Å². The summed E-state index contributed by atoms with van der Waals surface area (Å²) in [5.74, 6) is -0.968. The Bertz CT molecular complexity index is 1010. The first-order chi connectivity index (χ1) is 16.5. The fourth-order valence-corrected chi connectivity index (χ4v) is 5.30. The van der Waals surface area contributed by atoms with Crippen molar-refractivity contribution in [1.29, 1.82) is 0 Å². The molecule has 0 radical (unpaired) electrons. The van der Waals surface area contributed by atoms with Crippen molar-refractivity contribution in [2.75, 3.05) is 19.7 Å². The van der Waals surface area contributed by atoms with Crippen LogP contribution in [0.2, 0.25) is 0 Å². The smallest absolute Gasteiger partial charge is 0.407 e. The van der Waals surface area contributed by atoms with E-state index >= 15 is 0 Å². The van der Waals surface area contributed by atoms with Gasteiger partial charge in [-0.25, -0.2) is 4.79 Å². The van der Waals surface area contributed by atoms with Crippen LogP contribution in [0.4, 0.5) is 4.79 Å². The summed E-state index contributed by atoms with van der Waals surface area (Å²) in [5, 5.41) is 12.0. The standard InChI is InChI=1S/C27H32N2O5/c1-2-13-29(16-26(31)32)25(30)15-18-11-12-19(14-18)28-27(33)34-17-24-22-9-5-3-7-20(22)21-8-4-6-10-23(21)24/h3-10,18-19,24H,2,11-17H2,1H3,(H,28,33)(H,31,32). The van der Waals surface area contributed by atoms with E-state index in [4.69, 9.17) is 9.84 Å². The lowest BCUT2D eigenvalue weighted by Gasteiger charge is -2.22. The molecule has 0 aliphatic heterocycles. The molecule has 7 nitrogen and oxygen atoms in total. The number of nitrogens with one attached hydrogen (secondary N) is 1. The molecule has 1 saturated carbocycles. The van der Waals surface area contributed by atoms with Crippen LogP contribution in [0.5, 0.6) is 0 Å². The number of benzene rings is 2. The molecule has 4 rings (SSSR count). The van der Waals surface area contributed by atoms with Crippen molar-refractivity contribution in [2.45, 2.75) is 51.0 Å². The second-order valence-electron chi connectivity index (χ2n) is 9.26. The van der Waals surface area contributed by atoms with Crippen LogP contribution < -0.4 is 5.32 Å². The van der Waals surface area contributed by atoms with Crippen molar-refractivity contribution >= 4 is 18.0 Å². The minimum Gasteiger partial charge on any atom is -0.480 e. The predicted octanol–water partition coefficient (Wildman–Crippen LogP) is 4.41. The Kier molecular flexibility index (Phi) is 7.50. The molecule has 2 aromatic carbocycles. The van der Waals surface area contributed by atoms with Crippen molar-refractivity contribution in [3.8, 4) is 11.1 Å². The molecule has 2 aliphatic carbocycles. The van der Waals surface area contributed by atoms with Crippen LogP contribution in [-0.2, 0) is 14.3 Å². The second kappa shape index (κ2) is 10.7. The molecule has 2 aromatic rings. The Hall–Kier alpha value is -3.35. The highest BCUT2D eigenvalue weighted by Crippen LogP contribution is 2.44. The molecule has 2 amide bonds. The zero-order valence-corrected chi connectivity index (χ0v) is 19.5. The fourth-order valence-electron chi connectivity index (χ4n) is 5.30. The van der Waals surface area contributed by atoms with Gasteiger partial charge >= 0.3 is 12.1 Å². The van der Waals surface area contributed by atoms with Gasteiger partial charge in [0.2, 0.25) is 5.91 Å². The maximum absolute atomic E-state index is 12.6. The minimum atomic E-state index is -0.997. The van der Waals surface area contributed by atoms with E-state index in [-0.39, 0.29) is 36.9 Å². The fraction of sp³-hybridized carbons (Fsp3) is 0.444. The number of carboxylic acids is 1. The molecule has 0 saturated heterocycles. The topological polar surface area (TPSA) is 95.9 Å². The number of carboxylic acid groups (broad SMARTS) is 1. The third kappa shape index (κ3) is 5.41. The largest absolute Gasteiger partial charge is 0.480 e. The predicted molar refractivity (Wildman–Crippen MR) is 128 cm³/mol. The van der Waals surface area contributed by atoms with Gasteiger partial charge in [-0.3, -0.25) is 9.59 Å². The lowest BCUT2D eigenvalue weighted by molar-refractivity contribution is -0.144. The van der Waals surface area contributed by atoms with Crippen molar-refractivity contribution < 1.29 is 24.2 Å². The third-order valence-electron chi connectivity index (χ3n) is 6.84. The van der Waals surface area contributed by atoms with E-state index in [1.807, 2.05) is 31.2 Å². The Morgan fingerprint density at radius 3 is 2.29 bits per heavy atom. The zero-order valence-electron chi connectivity index (χ0n) is 19.5. The molecule has 0 spiro atoms. The average molecular weight is 465 g/mol. The monoisotopic (exact) mass is 464 g/mol. The zero-order chi connectivity index (χ0) is 24.1. The van der Waals surface area contributed by atoms with E-state index in [0.717, 1.165) is 19.3 Å². The van der Waals surface area contributed by atoms with Gasteiger partial charge in [-0.1, -0.05) is 55.5 Å². The maximum Gasteiger partial charge on any atom is 0.407 e. The number of nitrogens with zero attached hydrogens (tertiary/aromatic N) is 1. The van der Waals surface area contributed by atoms with Gasteiger partial charge in [0.05, 0.1) is 0 Å². The first-order valence-electron chi connectivity index (χ1n) is 12.1. The molecule has 0 bridgehead atoms. The van der Waals surface area contributed by atoms with E-state index < -0.39 is 12.1 Å². The first kappa shape index (κ1) is 23.8. The lowest BCUT2D eigenvalue weighted by atomic mass is 9.98. The number of alkyl carbamates (subject to hydrolysis) is 1. The van der Waals surface area contributed by atoms with Gasteiger partial charge in [-0.2, -0.15) is 0 Å². The minimum absolute atomic E-state index is 0.0193. The average Bonchev–Trinajstić information content (AvgIpc) is 3.39. The molecule has 7 heteroatoms. The molecule has 1 fully saturated rings. The number of carbonyl (C=O) groups excluding carboxylic acids is 2. The van der Waals surface area contributed by atoms with Crippen LogP contribution in [0, 0.1) is 5.92 Å². The molecule has 180 valence electrons. The van der Waals surface area contributed by atoms with Crippen molar-refractivity contribution in [3.63, 3.8) is 0 Å². The second-order valence-corrected chi connectivity index (χ2v) is 9.26. The van der Waals surface area contributed by atoms with Gasteiger partial charge < -0.3 is 20.1 Å². The Balaban J connectivity index is 1.27. The van der Waals surface area contributed by atoms with Gasteiger partial charge in [0.15, 0.2) is 0 Å². The normalized spacial score (nSPS) is 18.7. The molecule has 2 atom stereocenters. The van der Waals surface area contributed by atoms with Crippen LogP contribution >= 0.6 is 0 Å². The number of aliphatic carboxylic acids is 1. The summed E-state index contributed by atoms with van der Waals surface area (Å²) in [4.78, 5) is 37.6. The Morgan fingerprint density at radius 1 is 1.03 bits per heavy atom. The Labute approximate surface area is 200 Å². The van der Waals surface area contributed by atoms with E-state index in [1.54, 1.807) is 0 Å². The van der Waals surface area contributed by atoms with E-state index in [0.29, 0.717) is 19.4 Å². The number of hydrogen-bond acceptors (Lipinski definition) is 4. The molecular weight excluding hydrogens is 432 g/mol. The number of amides is 2. The van der Waals surface area contributed by atoms with Crippen molar-refractivity contribution in [3.05, 3.63) is 59.7 Å². The van der Waals surface area contributed by atoms with Crippen LogP contribution in [0.1, 0.15) is 56.1 Å². The van der Waals surface area contributed by atoms with Crippen molar-refractivity contribution in [2.24, 2.45) is 5.92 Å². The van der Waals surface area contributed by atoms with E-state index in [2.05, 4.69) is 29.6 Å². The van der Waals surface area contributed by atoms with Crippen LogP contribution in [-0.4, -0.2) is 53.7 Å². The van der Waals surface area contributed by atoms with Gasteiger partial charge in [0.1, 0.15) is 13.2 Å². The molecule has 2 unspecified atom stereocenters. The summed E-state index contributed by atoms with van der Waals surface area (Å²) in [7, 11) is 0. The molecule has 0 aromatic heterocycles. The maximum atomic E-state index is 12.6. The summed E-state index contributed by atoms with van der Waals surface area (Å²) < 4.78 is 5.64. The number of hydrogen-bond donors (Lipinski definition) is 2. The SMILES string of the molecule is CCCN(CC(=O)O)C(=O)CC1CCC(NC(=O)OCC2c3ccccc3-c3ccccc32)C1. The number of rotatable bonds is 9. The Morgan fingerprint density at radius 2 is 1.68 bits per heavy atom. The summed E-state index contributed by atoms with van der Waals surface area (Å²) in [6.45, 7) is 2.38. The number of fused-ring (bicyclic) bond motifs is 3. The van der Waals surface area contributed by atoms with Crippen molar-refractivity contribution in [1.82, 2.24) is 10.2 Å². The van der Waals surface area contributed by atoms with Gasteiger partial charge in [-0.15, -0.1) is 0 Å². The summed E-state index contributed by atoms with van der Waals surface area (Å²) >= 11 is 0. The van der Waals surface area contributed by atoms with Gasteiger partial charge in [0.25, 0.3) is 0 Å². The quantitative estimate of drug-likeness (QED) is 0.573. The molecule has 2 aliphatic rings. The highest BCUT2D eigenvalue weighted by molar-refractivity contribution is 5.81. The molecule has 34 heavy (non-hydrogen) atoms. The lowest BCUT2D eigenvalue weighted by Crippen LogP contribution is -2.37. The third-order valence-corrected chi connectivity index (χ3v) is 6.84. The van der Waals surface area contributed by atoms with Gasteiger partial charge in [-0.05, 0) is 53.9 Å². The highest BCUT2D eigenvalue weighted by atomic mass is 16.5. The molecule has 0 heterocycles. The van der Waals surface area contributed by atoms with Crippen LogP contribution in [0.3, 0.4) is 0 Å². The molecule has 2 N–H and O–H groups in total. The summed E-state index contributed by atoms with van der Waals surface area (Å²) in [6.07, 6.45) is 2.91. The van der Waals surface area contributed by atoms with Crippen LogP contribution in [0.25, 0.3) is 11.1 Å². The number of carbonyl (C=O) groups is 3. The summed E-state index contributed by atoms with van der Waals surface area (Å²) in [6, 6.07) is 16.4. The summed E-state index contributed by atoms with van der Waals surface area (Å²) in [5.41, 5.74) is 4.73. The molecular formula is C27H32N2O5. The highest BCUT2D eigenvalue weighted by Gasteiger charge is 2.31.